The first-order valence-electron chi connectivity index (χ1n) is 4.55. The minimum Gasteiger partial charge on any atom is -0.449 e. The van der Waals surface area contributed by atoms with Crippen LogP contribution in [-0.4, -0.2) is 12.7 Å². The molecule has 1 amide bonds. The van der Waals surface area contributed by atoms with Crippen molar-refractivity contribution in [1.82, 2.24) is 5.32 Å². The van der Waals surface area contributed by atoms with Crippen LogP contribution in [0.4, 0.5) is 4.79 Å². The summed E-state index contributed by atoms with van der Waals surface area (Å²) in [5, 5.41) is 2.78. The zero-order chi connectivity index (χ0) is 10.8. The molecule has 88 valence electrons. The van der Waals surface area contributed by atoms with Crippen molar-refractivity contribution in [3.8, 4) is 0 Å². The summed E-state index contributed by atoms with van der Waals surface area (Å²) in [4.78, 5) is 11.0. The second kappa shape index (κ2) is 5.89. The van der Waals surface area contributed by atoms with E-state index >= 15 is 0 Å². The predicted molar refractivity (Wildman–Crippen MR) is 70.9 cm³/mol. The van der Waals surface area contributed by atoms with Crippen LogP contribution in [0.5, 0.6) is 0 Å². The third kappa shape index (κ3) is 3.12. The van der Waals surface area contributed by atoms with Gasteiger partial charge in [-0.2, -0.15) is 0 Å². The van der Waals surface area contributed by atoms with E-state index in [4.69, 9.17) is 4.74 Å². The third-order valence-electron chi connectivity index (χ3n) is 2.28. The lowest BCUT2D eigenvalue weighted by atomic mass is 10.0. The molecule has 0 radical (unpaired) electrons. The van der Waals surface area contributed by atoms with E-state index in [9.17, 15) is 4.79 Å². The number of ether oxygens (including phenoxy) is 1. The summed E-state index contributed by atoms with van der Waals surface area (Å²) >= 11 is 6.84. The SMILES string of the molecule is Cl.O=C1N[C@@H](c2ccc(Br)c(Br)c2)CCO1. The summed E-state index contributed by atoms with van der Waals surface area (Å²) in [5.74, 6) is 0. The van der Waals surface area contributed by atoms with E-state index in [1.54, 1.807) is 0 Å². The molecular weight excluding hydrogens is 361 g/mol. The summed E-state index contributed by atoms with van der Waals surface area (Å²) in [7, 11) is 0. The molecule has 1 N–H and O–H groups in total. The number of hydrogen-bond acceptors (Lipinski definition) is 2. The number of rotatable bonds is 1. The van der Waals surface area contributed by atoms with Crippen LogP contribution >= 0.6 is 44.3 Å². The molecule has 1 atom stereocenters. The summed E-state index contributed by atoms with van der Waals surface area (Å²) in [5.41, 5.74) is 1.08. The Morgan fingerprint density at radius 2 is 2.06 bits per heavy atom. The molecule has 16 heavy (non-hydrogen) atoms. The monoisotopic (exact) mass is 369 g/mol. The zero-order valence-corrected chi connectivity index (χ0v) is 12.2. The first kappa shape index (κ1) is 13.8. The Morgan fingerprint density at radius 3 is 2.69 bits per heavy atom. The highest BCUT2D eigenvalue weighted by molar-refractivity contribution is 9.13. The minimum atomic E-state index is -0.342. The van der Waals surface area contributed by atoms with Crippen LogP contribution in [0.15, 0.2) is 27.1 Å². The van der Waals surface area contributed by atoms with Gasteiger partial charge in [-0.15, -0.1) is 12.4 Å². The first-order valence-corrected chi connectivity index (χ1v) is 6.13. The molecule has 1 aliphatic rings. The summed E-state index contributed by atoms with van der Waals surface area (Å²) in [6.07, 6.45) is 0.463. The number of benzene rings is 1. The van der Waals surface area contributed by atoms with Gasteiger partial charge in [0, 0.05) is 15.4 Å². The van der Waals surface area contributed by atoms with E-state index in [-0.39, 0.29) is 24.5 Å². The number of nitrogens with one attached hydrogen (secondary N) is 1. The van der Waals surface area contributed by atoms with Crippen molar-refractivity contribution < 1.29 is 9.53 Å². The van der Waals surface area contributed by atoms with Crippen LogP contribution in [0.25, 0.3) is 0 Å². The van der Waals surface area contributed by atoms with Crippen LogP contribution < -0.4 is 5.32 Å². The highest BCUT2D eigenvalue weighted by atomic mass is 79.9. The maximum atomic E-state index is 11.0. The van der Waals surface area contributed by atoms with E-state index in [1.807, 2.05) is 18.2 Å². The van der Waals surface area contributed by atoms with Gasteiger partial charge in [-0.1, -0.05) is 6.07 Å². The number of carbonyl (C=O) groups excluding carboxylic acids is 1. The van der Waals surface area contributed by atoms with Gasteiger partial charge < -0.3 is 10.1 Å². The molecule has 1 heterocycles. The van der Waals surface area contributed by atoms with Gasteiger partial charge in [-0.05, 0) is 49.6 Å². The van der Waals surface area contributed by atoms with E-state index in [1.165, 1.54) is 0 Å². The summed E-state index contributed by atoms with van der Waals surface area (Å²) in [6, 6.07) is 6.00. The predicted octanol–water partition coefficient (Wildman–Crippen LogP) is 3.80. The quantitative estimate of drug-likeness (QED) is 0.815. The fraction of sp³-hybridized carbons (Fsp3) is 0.300. The van der Waals surface area contributed by atoms with Gasteiger partial charge in [-0.25, -0.2) is 4.79 Å². The minimum absolute atomic E-state index is 0. The number of alkyl carbamates (subject to hydrolysis) is 1. The van der Waals surface area contributed by atoms with Crippen LogP contribution in [0.3, 0.4) is 0 Å². The lowest BCUT2D eigenvalue weighted by Crippen LogP contribution is -2.35. The number of hydrogen-bond donors (Lipinski definition) is 1. The van der Waals surface area contributed by atoms with Gasteiger partial charge >= 0.3 is 6.09 Å². The van der Waals surface area contributed by atoms with E-state index in [0.29, 0.717) is 6.61 Å². The van der Waals surface area contributed by atoms with Gasteiger partial charge in [-0.3, -0.25) is 0 Å². The fourth-order valence-electron chi connectivity index (χ4n) is 1.50. The molecule has 3 nitrogen and oxygen atoms in total. The van der Waals surface area contributed by atoms with E-state index in [2.05, 4.69) is 37.2 Å². The number of cyclic esters (lactones) is 1. The molecule has 1 saturated heterocycles. The van der Waals surface area contributed by atoms with Crippen molar-refractivity contribution in [2.75, 3.05) is 6.61 Å². The standard InChI is InChI=1S/C10H9Br2NO2.ClH/c11-7-2-1-6(5-8(7)12)9-3-4-15-10(14)13-9;/h1-2,5,9H,3-4H2,(H,13,14);1H/t9-;/m1./s1. The second-order valence-corrected chi connectivity index (χ2v) is 5.00. The van der Waals surface area contributed by atoms with Crippen molar-refractivity contribution in [1.29, 1.82) is 0 Å². The van der Waals surface area contributed by atoms with Gasteiger partial charge in [0.05, 0.1) is 12.6 Å². The Balaban J connectivity index is 0.00000128. The average Bonchev–Trinajstić information content (AvgIpc) is 2.22. The average molecular weight is 371 g/mol. The van der Waals surface area contributed by atoms with Gasteiger partial charge in [0.2, 0.25) is 0 Å². The number of halogens is 3. The van der Waals surface area contributed by atoms with Gasteiger partial charge in [0.1, 0.15) is 0 Å². The molecule has 6 heteroatoms. The van der Waals surface area contributed by atoms with Crippen molar-refractivity contribution in [2.24, 2.45) is 0 Å². The number of carbonyl (C=O) groups is 1. The van der Waals surface area contributed by atoms with Crippen molar-refractivity contribution in [3.63, 3.8) is 0 Å². The zero-order valence-electron chi connectivity index (χ0n) is 8.20. The molecular formula is C10H10Br2ClNO2. The molecule has 0 bridgehead atoms. The molecule has 1 aromatic carbocycles. The molecule has 1 aromatic rings. The van der Waals surface area contributed by atoms with E-state index in [0.717, 1.165) is 20.9 Å². The van der Waals surface area contributed by atoms with Gasteiger partial charge in [0.15, 0.2) is 0 Å². The normalized spacial score (nSPS) is 19.4. The second-order valence-electron chi connectivity index (χ2n) is 3.30. The Hall–Kier alpha value is -0.260. The largest absolute Gasteiger partial charge is 0.449 e. The Bertz CT molecular complexity index is 400. The fourth-order valence-corrected chi connectivity index (χ4v) is 2.15. The molecule has 0 saturated carbocycles. The Morgan fingerprint density at radius 1 is 1.31 bits per heavy atom. The molecule has 0 unspecified atom stereocenters. The molecule has 2 rings (SSSR count). The summed E-state index contributed by atoms with van der Waals surface area (Å²) in [6.45, 7) is 0.476. The Kier molecular flexibility index (Phi) is 5.08. The maximum Gasteiger partial charge on any atom is 0.407 e. The van der Waals surface area contributed by atoms with Crippen LogP contribution in [0.1, 0.15) is 18.0 Å². The highest BCUT2D eigenvalue weighted by Crippen LogP contribution is 2.28. The van der Waals surface area contributed by atoms with Gasteiger partial charge in [0.25, 0.3) is 0 Å². The molecule has 0 aromatic heterocycles. The topological polar surface area (TPSA) is 38.3 Å². The van der Waals surface area contributed by atoms with Crippen LogP contribution in [0.2, 0.25) is 0 Å². The highest BCUT2D eigenvalue weighted by Gasteiger charge is 2.20. The summed E-state index contributed by atoms with van der Waals surface area (Å²) < 4.78 is 6.80. The Labute approximate surface area is 117 Å². The third-order valence-corrected chi connectivity index (χ3v) is 4.16. The first-order chi connectivity index (χ1) is 7.16. The maximum absolute atomic E-state index is 11.0. The molecule has 0 aliphatic carbocycles. The smallest absolute Gasteiger partial charge is 0.407 e. The van der Waals surface area contributed by atoms with Crippen LogP contribution in [0, 0.1) is 0 Å². The van der Waals surface area contributed by atoms with E-state index < -0.39 is 0 Å². The van der Waals surface area contributed by atoms with Crippen LogP contribution in [-0.2, 0) is 4.74 Å². The lowest BCUT2D eigenvalue weighted by Gasteiger charge is -2.23. The van der Waals surface area contributed by atoms with Crippen molar-refractivity contribution in [3.05, 3.63) is 32.7 Å². The number of amides is 1. The van der Waals surface area contributed by atoms with Crippen molar-refractivity contribution in [2.45, 2.75) is 12.5 Å². The molecule has 1 fully saturated rings. The molecule has 0 spiro atoms. The molecule has 1 aliphatic heterocycles. The lowest BCUT2D eigenvalue weighted by molar-refractivity contribution is 0.115. The van der Waals surface area contributed by atoms with Crippen molar-refractivity contribution >= 4 is 50.4 Å².